The Morgan fingerprint density at radius 2 is 2.12 bits per heavy atom. The largest absolute Gasteiger partial charge is 0.317 e. The van der Waals surface area contributed by atoms with Crippen LogP contribution in [0.25, 0.3) is 0 Å². The van der Waals surface area contributed by atoms with E-state index in [0.717, 1.165) is 42.4 Å². The van der Waals surface area contributed by atoms with Crippen molar-refractivity contribution in [3.05, 3.63) is 33.8 Å². The van der Waals surface area contributed by atoms with E-state index in [1.165, 1.54) is 5.56 Å². The fourth-order valence-corrected chi connectivity index (χ4v) is 2.95. The van der Waals surface area contributed by atoms with Gasteiger partial charge in [0, 0.05) is 22.7 Å². The molecule has 0 saturated carbocycles. The molecule has 0 spiro atoms. The molecule has 1 aliphatic heterocycles. The lowest BCUT2D eigenvalue weighted by molar-refractivity contribution is -0.288. The van der Waals surface area contributed by atoms with Crippen LogP contribution in [0.2, 0.25) is 10.0 Å². The fourth-order valence-electron chi connectivity index (χ4n) is 2.46. The number of rotatable bonds is 3. The molecule has 1 aromatic carbocycles. The second-order valence-electron chi connectivity index (χ2n) is 4.71. The number of hydrogen-bond donors (Lipinski definition) is 2. The molecule has 2 rings (SSSR count). The van der Waals surface area contributed by atoms with Gasteiger partial charge in [0.1, 0.15) is 0 Å². The third kappa shape index (κ3) is 3.14. The van der Waals surface area contributed by atoms with Gasteiger partial charge in [-0.3, -0.25) is 0 Å². The minimum absolute atomic E-state index is 0.178. The average Bonchev–Trinajstić information content (AvgIpc) is 2.34. The maximum absolute atomic E-state index is 6.26. The minimum atomic E-state index is 0.178. The van der Waals surface area contributed by atoms with Crippen LogP contribution in [0.5, 0.6) is 0 Å². The Balaban J connectivity index is 2.17. The zero-order valence-corrected chi connectivity index (χ0v) is 11.6. The summed E-state index contributed by atoms with van der Waals surface area (Å²) in [4.78, 5) is 0. The van der Waals surface area contributed by atoms with E-state index in [2.05, 4.69) is 16.7 Å². The molecule has 94 valence electrons. The topological polar surface area (TPSA) is 24.1 Å². The number of piperidine rings is 1. The molecule has 0 amide bonds. The van der Waals surface area contributed by atoms with Crippen LogP contribution in [0.3, 0.4) is 0 Å². The Morgan fingerprint density at radius 1 is 1.41 bits per heavy atom. The summed E-state index contributed by atoms with van der Waals surface area (Å²) in [6.07, 6.45) is 3.24. The van der Waals surface area contributed by atoms with Gasteiger partial charge < -0.3 is 10.6 Å². The fraction of sp³-hybridized carbons (Fsp3) is 0.538. The molecule has 2 N–H and O–H groups in total. The highest BCUT2D eigenvalue weighted by molar-refractivity contribution is 6.31. The Kier molecular flexibility index (Phi) is 4.31. The average molecular weight is 274 g/mol. The first-order valence-corrected chi connectivity index (χ1v) is 6.79. The van der Waals surface area contributed by atoms with Gasteiger partial charge in [-0.05, 0) is 45.0 Å². The Labute approximate surface area is 113 Å². The van der Waals surface area contributed by atoms with Crippen LogP contribution < -0.4 is 10.6 Å². The summed E-state index contributed by atoms with van der Waals surface area (Å²) in [5, 5.41) is 8.48. The van der Waals surface area contributed by atoms with Crippen LogP contribution in [-0.4, -0.2) is 25.7 Å². The van der Waals surface area contributed by atoms with Gasteiger partial charge in [0.2, 0.25) is 5.02 Å². The lowest BCUT2D eigenvalue weighted by Crippen LogP contribution is -2.52. The van der Waals surface area contributed by atoms with Gasteiger partial charge in [0.15, 0.2) is 11.6 Å². The number of halogens is 2. The lowest BCUT2D eigenvalue weighted by atomic mass is 9.82. The maximum atomic E-state index is 6.26. The summed E-state index contributed by atoms with van der Waals surface area (Å²) in [6, 6.07) is 5.89. The lowest BCUT2D eigenvalue weighted by Gasteiger charge is -2.38. The second-order valence-corrected chi connectivity index (χ2v) is 5.59. The standard InChI is InChI=1S/C13H19Cl2N2/c1-16-13(4-6-17-7-5-13)9-10-2-3-11(14)8-12(10)15/h2-3,8,14,16-17H,4-7,9H2,1H3/q+1. The zero-order valence-electron chi connectivity index (χ0n) is 10.1. The molecule has 1 aromatic rings. The molecule has 0 unspecified atom stereocenters. The van der Waals surface area contributed by atoms with Crippen molar-refractivity contribution >= 4 is 11.6 Å². The van der Waals surface area contributed by atoms with Gasteiger partial charge in [-0.15, -0.1) is 0 Å². The van der Waals surface area contributed by atoms with E-state index in [1.807, 2.05) is 19.2 Å². The second kappa shape index (κ2) is 5.57. The molecule has 0 aromatic heterocycles. The monoisotopic (exact) mass is 273 g/mol. The molecule has 4 heteroatoms. The predicted octanol–water partition coefficient (Wildman–Crippen LogP) is 1.92. The van der Waals surface area contributed by atoms with Crippen LogP contribution >= 0.6 is 11.6 Å². The van der Waals surface area contributed by atoms with Gasteiger partial charge in [-0.2, -0.15) is 0 Å². The molecule has 0 atom stereocenters. The van der Waals surface area contributed by atoms with Crippen molar-refractivity contribution < 1.29 is 11.6 Å². The first kappa shape index (κ1) is 13.2. The Bertz CT molecular complexity index is 387. The van der Waals surface area contributed by atoms with Crippen molar-refractivity contribution in [2.24, 2.45) is 0 Å². The third-order valence-electron chi connectivity index (χ3n) is 3.64. The molecule has 17 heavy (non-hydrogen) atoms. The molecule has 1 fully saturated rings. The van der Waals surface area contributed by atoms with Gasteiger partial charge >= 0.3 is 0 Å². The predicted molar refractivity (Wildman–Crippen MR) is 69.6 cm³/mol. The molecular weight excluding hydrogens is 255 g/mol. The van der Waals surface area contributed by atoms with Crippen LogP contribution in [0, 0.1) is 11.6 Å². The smallest absolute Gasteiger partial charge is 0.227 e. The number of hydrogen-bond acceptors (Lipinski definition) is 2. The van der Waals surface area contributed by atoms with Crippen LogP contribution in [0.4, 0.5) is 0 Å². The number of nitrogens with one attached hydrogen (secondary N) is 2. The molecular formula is C13H19Cl2N2+. The summed E-state index contributed by atoms with van der Waals surface area (Å²) in [5.74, 6) is 0. The quantitative estimate of drug-likeness (QED) is 0.880. The van der Waals surface area contributed by atoms with Crippen molar-refractivity contribution in [3.8, 4) is 0 Å². The van der Waals surface area contributed by atoms with Gasteiger partial charge in [-0.25, -0.2) is 0 Å². The molecule has 0 aliphatic carbocycles. The third-order valence-corrected chi connectivity index (χ3v) is 4.25. The highest BCUT2D eigenvalue weighted by atomic mass is 35.5. The van der Waals surface area contributed by atoms with Crippen LogP contribution in [-0.2, 0) is 6.42 Å². The van der Waals surface area contributed by atoms with E-state index in [0.29, 0.717) is 0 Å². The number of benzene rings is 1. The van der Waals surface area contributed by atoms with E-state index in [9.17, 15) is 0 Å². The van der Waals surface area contributed by atoms with E-state index < -0.39 is 0 Å². The summed E-state index contributed by atoms with van der Waals surface area (Å²) < 4.78 is 0. The van der Waals surface area contributed by atoms with Crippen LogP contribution in [0.15, 0.2) is 18.2 Å². The van der Waals surface area contributed by atoms with E-state index in [4.69, 9.17) is 23.2 Å². The van der Waals surface area contributed by atoms with Crippen molar-refractivity contribution in [2.75, 3.05) is 20.1 Å². The van der Waals surface area contributed by atoms with E-state index >= 15 is 0 Å². The molecule has 0 radical (unpaired) electrons. The minimum Gasteiger partial charge on any atom is -0.317 e. The van der Waals surface area contributed by atoms with Crippen molar-refractivity contribution in [1.29, 1.82) is 0 Å². The van der Waals surface area contributed by atoms with E-state index in [1.54, 1.807) is 0 Å². The normalized spacial score (nSPS) is 19.2. The summed E-state index contributed by atoms with van der Waals surface area (Å²) in [5.41, 5.74) is 1.37. The summed E-state index contributed by atoms with van der Waals surface area (Å²) >= 11 is 11.4. The van der Waals surface area contributed by atoms with Crippen LogP contribution in [0.1, 0.15) is 18.4 Å². The SMILES string of the molecule is CNC1(Cc2ccc([ClH+])cc2Cl)CCNCC1. The summed E-state index contributed by atoms with van der Waals surface area (Å²) in [6.45, 7) is 2.13. The Morgan fingerprint density at radius 3 is 2.71 bits per heavy atom. The first-order valence-electron chi connectivity index (χ1n) is 6.00. The van der Waals surface area contributed by atoms with Crippen molar-refractivity contribution in [3.63, 3.8) is 0 Å². The highest BCUT2D eigenvalue weighted by Gasteiger charge is 2.30. The van der Waals surface area contributed by atoms with Crippen molar-refractivity contribution in [1.82, 2.24) is 10.6 Å². The highest BCUT2D eigenvalue weighted by Crippen LogP contribution is 2.27. The van der Waals surface area contributed by atoms with Gasteiger partial charge in [-0.1, -0.05) is 17.7 Å². The van der Waals surface area contributed by atoms with E-state index in [-0.39, 0.29) is 5.54 Å². The molecule has 1 aliphatic rings. The molecule has 1 heterocycles. The molecule has 2 nitrogen and oxygen atoms in total. The van der Waals surface area contributed by atoms with Gasteiger partial charge in [0.05, 0.1) is 0 Å². The zero-order chi connectivity index (χ0) is 12.3. The molecule has 1 saturated heterocycles. The Hall–Kier alpha value is -0.280. The van der Waals surface area contributed by atoms with Crippen molar-refractivity contribution in [2.45, 2.75) is 24.8 Å². The van der Waals surface area contributed by atoms with Gasteiger partial charge in [0.25, 0.3) is 0 Å². The first-order chi connectivity index (χ1) is 8.15. The summed E-state index contributed by atoms with van der Waals surface area (Å²) in [7, 11) is 2.04. The molecule has 0 bridgehead atoms. The maximum Gasteiger partial charge on any atom is 0.227 e. The number of likely N-dealkylation sites (N-methyl/N-ethyl adjacent to an activating group) is 1.